The molecule has 2 rings (SSSR count). The summed E-state index contributed by atoms with van der Waals surface area (Å²) in [4.78, 5) is 10.1. The van der Waals surface area contributed by atoms with E-state index in [1.165, 1.54) is 37.7 Å². The predicted molar refractivity (Wildman–Crippen MR) is 126 cm³/mol. The van der Waals surface area contributed by atoms with Crippen LogP contribution in [0, 0.1) is 0 Å². The van der Waals surface area contributed by atoms with E-state index >= 15 is 0 Å². The van der Waals surface area contributed by atoms with Crippen LogP contribution in [-0.4, -0.2) is 52.3 Å². The lowest BCUT2D eigenvalue weighted by molar-refractivity contribution is -0.138. The van der Waals surface area contributed by atoms with Crippen LogP contribution in [0.2, 0.25) is 0 Å². The van der Waals surface area contributed by atoms with Crippen molar-refractivity contribution in [1.29, 1.82) is 0 Å². The summed E-state index contributed by atoms with van der Waals surface area (Å²) in [5.74, 6) is 1.92. The molecule has 0 aliphatic carbocycles. The number of rotatable bonds is 13. The van der Waals surface area contributed by atoms with E-state index in [1.807, 2.05) is 18.2 Å². The Kier molecular flexibility index (Phi) is 14.1. The first kappa shape index (κ1) is 26.9. The summed E-state index contributed by atoms with van der Waals surface area (Å²) in [6.45, 7) is 4.61. The molecule has 0 amide bonds. The molecule has 6 nitrogen and oxygen atoms in total. The number of thiol groups is 1. The largest absolute Gasteiger partial charge is 0.616 e. The smallest absolute Gasteiger partial charge is 0.321 e. The number of hydrogen-bond acceptors (Lipinski definition) is 6. The van der Waals surface area contributed by atoms with Crippen LogP contribution in [0.15, 0.2) is 18.2 Å². The molecule has 2 unspecified atom stereocenters. The van der Waals surface area contributed by atoms with E-state index in [0.29, 0.717) is 12.5 Å². The Balaban J connectivity index is 0.000000479. The van der Waals surface area contributed by atoms with Crippen molar-refractivity contribution in [3.8, 4) is 11.5 Å². The Morgan fingerprint density at radius 1 is 1.23 bits per heavy atom. The van der Waals surface area contributed by atoms with Gasteiger partial charge in [0.2, 0.25) is 6.79 Å². The summed E-state index contributed by atoms with van der Waals surface area (Å²) in [6.07, 6.45) is 8.32. The van der Waals surface area contributed by atoms with Crippen molar-refractivity contribution >= 4 is 29.8 Å². The van der Waals surface area contributed by atoms with Crippen molar-refractivity contribution in [3.05, 3.63) is 23.8 Å². The van der Waals surface area contributed by atoms with Crippen LogP contribution in [0.25, 0.3) is 0 Å². The lowest BCUT2D eigenvalue weighted by Gasteiger charge is -2.18. The number of nitrogens with one attached hydrogen (secondary N) is 1. The lowest BCUT2D eigenvalue weighted by atomic mass is 10.1. The molecule has 2 N–H and O–H groups in total. The number of fused-ring (bicyclic) bond motifs is 1. The Morgan fingerprint density at radius 3 is 2.50 bits per heavy atom. The summed E-state index contributed by atoms with van der Waals surface area (Å²) < 4.78 is 23.0. The molecule has 1 aromatic carbocycles. The number of hydrogen-bond donors (Lipinski definition) is 3. The number of carbonyl (C=O) groups is 1. The van der Waals surface area contributed by atoms with Gasteiger partial charge in [-0.05, 0) is 44.5 Å². The number of likely N-dealkylation sites (N-methyl/N-ethyl adjacent to an activating group) is 1. The SMILES string of the molecule is CCCCCCCC[S+]([O-])C(C)Cc1ccc2c(c1)OCO2.CN[C@H](CS)C(=O)O. The fraction of sp³-hybridized carbons (Fsp3) is 0.682. The van der Waals surface area contributed by atoms with Gasteiger partial charge in [0.1, 0.15) is 17.0 Å². The number of ether oxygens (including phenoxy) is 2. The zero-order valence-corrected chi connectivity index (χ0v) is 20.1. The van der Waals surface area contributed by atoms with Crippen LogP contribution in [0.1, 0.15) is 57.9 Å². The van der Waals surface area contributed by atoms with E-state index in [1.54, 1.807) is 7.05 Å². The van der Waals surface area contributed by atoms with E-state index < -0.39 is 23.2 Å². The molecule has 0 aromatic heterocycles. The maximum absolute atomic E-state index is 12.3. The van der Waals surface area contributed by atoms with Gasteiger partial charge in [-0.1, -0.05) is 49.8 Å². The lowest BCUT2D eigenvalue weighted by Crippen LogP contribution is -2.35. The minimum atomic E-state index is -0.859. The van der Waals surface area contributed by atoms with Gasteiger partial charge in [-0.25, -0.2) is 0 Å². The quantitative estimate of drug-likeness (QED) is 0.234. The monoisotopic (exact) mass is 459 g/mol. The summed E-state index contributed by atoms with van der Waals surface area (Å²) in [7, 11) is 1.59. The molecule has 0 fully saturated rings. The molecule has 1 aliphatic heterocycles. The first-order valence-corrected chi connectivity index (χ1v) is 12.7. The number of carboxylic acids is 1. The second-order valence-electron chi connectivity index (χ2n) is 7.42. The van der Waals surface area contributed by atoms with Crippen LogP contribution in [0.4, 0.5) is 0 Å². The average molecular weight is 460 g/mol. The van der Waals surface area contributed by atoms with Gasteiger partial charge in [-0.2, -0.15) is 12.6 Å². The Bertz CT molecular complexity index is 613. The summed E-state index contributed by atoms with van der Waals surface area (Å²) in [5, 5.41) is 11.0. The highest BCUT2D eigenvalue weighted by Crippen LogP contribution is 2.33. The van der Waals surface area contributed by atoms with Crippen molar-refractivity contribution in [1.82, 2.24) is 5.32 Å². The van der Waals surface area contributed by atoms with Crippen LogP contribution in [0.3, 0.4) is 0 Å². The summed E-state index contributed by atoms with van der Waals surface area (Å²) in [6, 6.07) is 5.49. The Morgan fingerprint density at radius 2 is 1.90 bits per heavy atom. The molecular weight excluding hydrogens is 422 g/mol. The van der Waals surface area contributed by atoms with Crippen LogP contribution < -0.4 is 14.8 Å². The van der Waals surface area contributed by atoms with Gasteiger partial charge in [0.05, 0.1) is 0 Å². The van der Waals surface area contributed by atoms with Gasteiger partial charge in [0, 0.05) is 12.2 Å². The molecule has 8 heteroatoms. The molecule has 30 heavy (non-hydrogen) atoms. The van der Waals surface area contributed by atoms with Gasteiger partial charge in [-0.15, -0.1) is 0 Å². The standard InChI is InChI=1S/C18H28O3S.C4H9NO2S/c1-3-4-5-6-7-8-11-22(19)15(2)12-16-9-10-17-18(13-16)21-14-20-17;1-5-3(2-8)4(6)7/h9-10,13,15H,3-8,11-12,14H2,1-2H3;3,5,8H,2H2,1H3,(H,6,7)/t;3-/m.1/s1. The number of carboxylic acid groups (broad SMARTS) is 1. The molecular formula is C22H37NO5S2. The van der Waals surface area contributed by atoms with Gasteiger partial charge in [-0.3, -0.25) is 4.79 Å². The van der Waals surface area contributed by atoms with Crippen LogP contribution in [-0.2, 0) is 22.4 Å². The van der Waals surface area contributed by atoms with Gasteiger partial charge < -0.3 is 24.4 Å². The second kappa shape index (κ2) is 15.7. The van der Waals surface area contributed by atoms with Crippen molar-refractivity contribution in [2.24, 2.45) is 0 Å². The molecule has 3 atom stereocenters. The first-order valence-electron chi connectivity index (χ1n) is 10.7. The summed E-state index contributed by atoms with van der Waals surface area (Å²) in [5.41, 5.74) is 1.17. The van der Waals surface area contributed by atoms with Gasteiger partial charge in [0.15, 0.2) is 11.5 Å². The molecule has 0 saturated heterocycles. The Labute approximate surface area is 189 Å². The van der Waals surface area contributed by atoms with Crippen LogP contribution in [0.5, 0.6) is 11.5 Å². The maximum atomic E-state index is 12.3. The minimum absolute atomic E-state index is 0.191. The molecule has 1 aromatic rings. The predicted octanol–water partition coefficient (Wildman–Crippen LogP) is 4.04. The highest BCUT2D eigenvalue weighted by atomic mass is 32.2. The van der Waals surface area contributed by atoms with Crippen molar-refractivity contribution in [3.63, 3.8) is 0 Å². The fourth-order valence-corrected chi connectivity index (χ4v) is 4.62. The maximum Gasteiger partial charge on any atom is 0.321 e. The normalized spacial score (nSPS) is 15.1. The number of aliphatic carboxylic acids is 1. The highest BCUT2D eigenvalue weighted by Gasteiger charge is 2.19. The fourth-order valence-electron chi connectivity index (χ4n) is 3.01. The van der Waals surface area contributed by atoms with Gasteiger partial charge in [0.25, 0.3) is 0 Å². The van der Waals surface area contributed by atoms with E-state index in [9.17, 15) is 9.35 Å². The molecule has 172 valence electrons. The van der Waals surface area contributed by atoms with E-state index in [2.05, 4.69) is 31.8 Å². The van der Waals surface area contributed by atoms with E-state index in [4.69, 9.17) is 14.6 Å². The van der Waals surface area contributed by atoms with Gasteiger partial charge >= 0.3 is 5.97 Å². The number of benzene rings is 1. The van der Waals surface area contributed by atoms with Crippen molar-refractivity contribution in [2.75, 3.05) is 25.3 Å². The minimum Gasteiger partial charge on any atom is -0.616 e. The first-order chi connectivity index (χ1) is 14.4. The molecule has 0 radical (unpaired) electrons. The van der Waals surface area contributed by atoms with E-state index in [-0.39, 0.29) is 5.25 Å². The van der Waals surface area contributed by atoms with Crippen LogP contribution >= 0.6 is 12.6 Å². The summed E-state index contributed by atoms with van der Waals surface area (Å²) >= 11 is 3.05. The van der Waals surface area contributed by atoms with Crippen molar-refractivity contribution in [2.45, 2.75) is 70.1 Å². The number of unbranched alkanes of at least 4 members (excludes halogenated alkanes) is 5. The average Bonchev–Trinajstić information content (AvgIpc) is 3.19. The molecule has 0 saturated carbocycles. The zero-order chi connectivity index (χ0) is 22.4. The van der Waals surface area contributed by atoms with E-state index in [0.717, 1.165) is 30.1 Å². The third-order valence-corrected chi connectivity index (χ3v) is 7.06. The second-order valence-corrected chi connectivity index (χ2v) is 9.76. The Hall–Kier alpha value is -1.09. The zero-order valence-electron chi connectivity index (χ0n) is 18.4. The third kappa shape index (κ3) is 10.3. The van der Waals surface area contributed by atoms with Crippen molar-refractivity contribution < 1.29 is 23.9 Å². The molecule has 0 bridgehead atoms. The molecule has 1 heterocycles. The highest BCUT2D eigenvalue weighted by molar-refractivity contribution is 7.92. The molecule has 1 aliphatic rings. The third-order valence-electron chi connectivity index (χ3n) is 4.94. The molecule has 0 spiro atoms. The topological polar surface area (TPSA) is 90.9 Å².